The molecule has 10 heteroatoms. The maximum absolute atomic E-state index is 12.6. The lowest BCUT2D eigenvalue weighted by Gasteiger charge is -2.19. The highest BCUT2D eigenvalue weighted by molar-refractivity contribution is 8.67. The highest BCUT2D eigenvalue weighted by Crippen LogP contribution is 2.63. The van der Waals surface area contributed by atoms with Gasteiger partial charge in [-0.2, -0.15) is 9.78 Å². The standard InChI is InChI=1S/C16H21N4O3PS2/c1-5-22-24(25,23-6-2)26-16-18-17-13(4)15(21)20(16)19-12(3)14-10-8-7-9-11-14/h7-11H,5-6H2,1-4H3/b19-12+. The van der Waals surface area contributed by atoms with Crippen LogP contribution in [0.5, 0.6) is 0 Å². The second-order valence-electron chi connectivity index (χ2n) is 5.11. The molecule has 2 aromatic rings. The molecule has 7 nitrogen and oxygen atoms in total. The highest BCUT2D eigenvalue weighted by atomic mass is 32.9. The van der Waals surface area contributed by atoms with Crippen molar-refractivity contribution in [3.63, 3.8) is 0 Å². The number of hydrogen-bond acceptors (Lipinski definition) is 8. The largest absolute Gasteiger partial charge is 0.322 e. The molecular formula is C16H21N4O3PS2. The third-order valence-electron chi connectivity index (χ3n) is 3.18. The third kappa shape index (κ3) is 5.31. The quantitative estimate of drug-likeness (QED) is 0.484. The Balaban J connectivity index is 2.50. The summed E-state index contributed by atoms with van der Waals surface area (Å²) in [6, 6.07) is 9.58. The van der Waals surface area contributed by atoms with Crippen LogP contribution in [0, 0.1) is 6.92 Å². The molecule has 0 saturated carbocycles. The van der Waals surface area contributed by atoms with Crippen LogP contribution in [0.15, 0.2) is 45.4 Å². The fourth-order valence-electron chi connectivity index (χ4n) is 1.98. The Labute approximate surface area is 161 Å². The highest BCUT2D eigenvalue weighted by Gasteiger charge is 2.24. The lowest BCUT2D eigenvalue weighted by atomic mass is 10.1. The summed E-state index contributed by atoms with van der Waals surface area (Å²) in [5.41, 5.74) is -1.23. The molecule has 0 bridgehead atoms. The Morgan fingerprint density at radius 2 is 1.85 bits per heavy atom. The Morgan fingerprint density at radius 1 is 1.23 bits per heavy atom. The number of aromatic nitrogens is 3. The van der Waals surface area contributed by atoms with Gasteiger partial charge in [-0.25, -0.2) is 0 Å². The molecule has 0 radical (unpaired) electrons. The first-order valence-corrected chi connectivity index (χ1v) is 12.1. The molecule has 0 saturated heterocycles. The van der Waals surface area contributed by atoms with E-state index in [-0.39, 0.29) is 16.4 Å². The molecule has 0 fully saturated rings. The monoisotopic (exact) mass is 412 g/mol. The summed E-state index contributed by atoms with van der Waals surface area (Å²) in [6.07, 6.45) is 0. The SMILES string of the molecule is CCOP(=S)(OCC)Sc1nnc(C)c(=O)n1/N=C(\C)c1ccccc1. The van der Waals surface area contributed by atoms with Gasteiger partial charge in [-0.3, -0.25) is 4.79 Å². The van der Waals surface area contributed by atoms with Crippen molar-refractivity contribution in [3.8, 4) is 0 Å². The van der Waals surface area contributed by atoms with E-state index in [2.05, 4.69) is 15.3 Å². The zero-order valence-electron chi connectivity index (χ0n) is 15.1. The van der Waals surface area contributed by atoms with Gasteiger partial charge in [0.2, 0.25) is 5.16 Å². The van der Waals surface area contributed by atoms with E-state index in [1.54, 1.807) is 6.92 Å². The number of nitrogens with zero attached hydrogens (tertiary/aromatic N) is 4. The second kappa shape index (κ2) is 9.53. The van der Waals surface area contributed by atoms with Crippen molar-refractivity contribution in [1.82, 2.24) is 14.9 Å². The predicted molar refractivity (Wildman–Crippen MR) is 108 cm³/mol. The molecule has 2 rings (SSSR count). The van der Waals surface area contributed by atoms with Crippen LogP contribution in [0.2, 0.25) is 0 Å². The molecule has 140 valence electrons. The zero-order valence-corrected chi connectivity index (χ0v) is 17.6. The van der Waals surface area contributed by atoms with Crippen molar-refractivity contribution in [1.29, 1.82) is 0 Å². The first-order valence-electron chi connectivity index (χ1n) is 8.06. The van der Waals surface area contributed by atoms with Gasteiger partial charge in [0.05, 0.1) is 18.9 Å². The molecule has 0 unspecified atom stereocenters. The molecular weight excluding hydrogens is 391 g/mol. The van der Waals surface area contributed by atoms with Crippen LogP contribution in [-0.4, -0.2) is 33.8 Å². The smallest absolute Gasteiger partial charge is 0.296 e. The first-order chi connectivity index (χ1) is 12.4. The van der Waals surface area contributed by atoms with Gasteiger partial charge in [0.15, 0.2) is 0 Å². The Kier molecular flexibility index (Phi) is 7.67. The van der Waals surface area contributed by atoms with Crippen LogP contribution in [0.25, 0.3) is 0 Å². The van der Waals surface area contributed by atoms with E-state index in [1.807, 2.05) is 51.1 Å². The Bertz CT molecular complexity index is 877. The van der Waals surface area contributed by atoms with Crippen molar-refractivity contribution < 1.29 is 9.05 Å². The Hall–Kier alpha value is -1.38. The van der Waals surface area contributed by atoms with Gasteiger partial charge in [0.25, 0.3) is 11.3 Å². The molecule has 0 aliphatic heterocycles. The average molecular weight is 412 g/mol. The minimum Gasteiger partial charge on any atom is -0.322 e. The number of benzene rings is 1. The van der Waals surface area contributed by atoms with Gasteiger partial charge in [0.1, 0.15) is 5.69 Å². The van der Waals surface area contributed by atoms with Crippen LogP contribution in [0.3, 0.4) is 0 Å². The molecule has 0 atom stereocenters. The van der Waals surface area contributed by atoms with E-state index >= 15 is 0 Å². The molecule has 0 aliphatic rings. The van der Waals surface area contributed by atoms with Gasteiger partial charge < -0.3 is 9.05 Å². The van der Waals surface area contributed by atoms with Crippen molar-refractivity contribution in [2.45, 2.75) is 32.9 Å². The van der Waals surface area contributed by atoms with E-state index in [4.69, 9.17) is 20.9 Å². The molecule has 1 heterocycles. The van der Waals surface area contributed by atoms with Crippen molar-refractivity contribution in [2.75, 3.05) is 13.2 Å². The van der Waals surface area contributed by atoms with Crippen LogP contribution in [-0.2, 0) is 20.9 Å². The summed E-state index contributed by atoms with van der Waals surface area (Å²) < 4.78 is 12.5. The van der Waals surface area contributed by atoms with Gasteiger partial charge in [-0.05, 0) is 45.1 Å². The number of aryl methyl sites for hydroxylation is 1. The average Bonchev–Trinajstić information content (AvgIpc) is 2.62. The van der Waals surface area contributed by atoms with Crippen LogP contribution in [0.4, 0.5) is 0 Å². The molecule has 1 aromatic carbocycles. The maximum atomic E-state index is 12.6. The van der Waals surface area contributed by atoms with E-state index < -0.39 is 5.69 Å². The van der Waals surface area contributed by atoms with Crippen molar-refractivity contribution in [3.05, 3.63) is 51.9 Å². The van der Waals surface area contributed by atoms with Crippen LogP contribution in [0.1, 0.15) is 32.0 Å². The van der Waals surface area contributed by atoms with Crippen LogP contribution >= 0.6 is 17.1 Å². The summed E-state index contributed by atoms with van der Waals surface area (Å²) in [4.78, 5) is 12.6. The van der Waals surface area contributed by atoms with E-state index in [0.717, 1.165) is 16.9 Å². The minimum absolute atomic E-state index is 0.250. The summed E-state index contributed by atoms with van der Waals surface area (Å²) in [6.45, 7) is 7.90. The molecule has 0 aliphatic carbocycles. The third-order valence-corrected chi connectivity index (χ3v) is 8.06. The van der Waals surface area contributed by atoms with Crippen molar-refractivity contribution >= 4 is 34.6 Å². The fourth-order valence-corrected chi connectivity index (χ4v) is 6.39. The lowest BCUT2D eigenvalue weighted by Crippen LogP contribution is -2.24. The maximum Gasteiger partial charge on any atom is 0.296 e. The predicted octanol–water partition coefficient (Wildman–Crippen LogP) is 3.61. The second-order valence-corrected chi connectivity index (χ2v) is 11.2. The summed E-state index contributed by atoms with van der Waals surface area (Å²) in [5.74, 6) is 0. The fraction of sp³-hybridized carbons (Fsp3) is 0.375. The Morgan fingerprint density at radius 3 is 2.42 bits per heavy atom. The van der Waals surface area contributed by atoms with Crippen molar-refractivity contribution in [2.24, 2.45) is 5.10 Å². The van der Waals surface area contributed by atoms with Gasteiger partial charge >= 0.3 is 0 Å². The van der Waals surface area contributed by atoms with Gasteiger partial charge in [0, 0.05) is 11.4 Å². The summed E-state index contributed by atoms with van der Waals surface area (Å²) in [5, 5.41) is 12.7. The van der Waals surface area contributed by atoms with E-state index in [9.17, 15) is 4.79 Å². The summed E-state index contributed by atoms with van der Waals surface area (Å²) >= 11 is 6.61. The molecule has 1 aromatic heterocycles. The number of rotatable bonds is 8. The van der Waals surface area contributed by atoms with Crippen LogP contribution < -0.4 is 5.56 Å². The number of hydrogen-bond donors (Lipinski definition) is 0. The first kappa shape index (κ1) is 20.9. The van der Waals surface area contributed by atoms with Gasteiger partial charge in [-0.15, -0.1) is 10.2 Å². The van der Waals surface area contributed by atoms with E-state index in [1.165, 1.54) is 4.68 Å². The van der Waals surface area contributed by atoms with E-state index in [0.29, 0.717) is 18.9 Å². The van der Waals surface area contributed by atoms with Gasteiger partial charge in [-0.1, -0.05) is 30.3 Å². The molecule has 0 spiro atoms. The normalized spacial score (nSPS) is 12.4. The zero-order chi connectivity index (χ0) is 19.2. The minimum atomic E-state index is -2.70. The summed E-state index contributed by atoms with van der Waals surface area (Å²) in [7, 11) is 0. The topological polar surface area (TPSA) is 78.6 Å². The lowest BCUT2D eigenvalue weighted by molar-refractivity contribution is 0.280. The molecule has 0 N–H and O–H groups in total. The molecule has 26 heavy (non-hydrogen) atoms. The molecule has 0 amide bonds.